The lowest BCUT2D eigenvalue weighted by atomic mass is 9.97. The van der Waals surface area contributed by atoms with Gasteiger partial charge in [-0.3, -0.25) is 0 Å². The summed E-state index contributed by atoms with van der Waals surface area (Å²) in [4.78, 5) is 4.00. The highest BCUT2D eigenvalue weighted by Gasteiger charge is 2.21. The number of hydrogen-bond donors (Lipinski definition) is 2. The van der Waals surface area contributed by atoms with Gasteiger partial charge in [-0.15, -0.1) is 0 Å². The molecule has 1 atom stereocenters. The van der Waals surface area contributed by atoms with Gasteiger partial charge in [-0.05, 0) is 60.1 Å². The van der Waals surface area contributed by atoms with E-state index in [-0.39, 0.29) is 5.60 Å². The fourth-order valence-electron chi connectivity index (χ4n) is 2.25. The van der Waals surface area contributed by atoms with Crippen molar-refractivity contribution in [2.45, 2.75) is 65.5 Å². The fraction of sp³-hybridized carbons (Fsp3) is 0.632. The quantitative estimate of drug-likeness (QED) is 0.540. The Morgan fingerprint density at radius 2 is 2.12 bits per heavy atom. The van der Waals surface area contributed by atoms with Crippen LogP contribution in [0.25, 0.3) is 0 Å². The zero-order valence-corrected chi connectivity index (χ0v) is 17.4. The molecule has 2 N–H and O–H groups in total. The predicted octanol–water partition coefficient (Wildman–Crippen LogP) is 4.84. The molecule has 140 valence electrons. The summed E-state index contributed by atoms with van der Waals surface area (Å²) in [6.07, 6.45) is 7.12. The number of hydrogen-bond acceptors (Lipinski definition) is 5. The smallest absolute Gasteiger partial charge is 0.154 e. The van der Waals surface area contributed by atoms with Crippen LogP contribution in [0, 0.1) is 16.7 Å². The molecule has 0 aliphatic carbocycles. The standard InChI is InChI=1S/C10H21NO.C9H10BrN3/c1-4-6-10(3,7-8-11)12-9-5-2;1-2-12-5-7-3-8(10)9(4-11)13-6-7/h8,11H,4-7,9H2,1-3H3;3,6,12H,2,5H2,1H3. The van der Waals surface area contributed by atoms with Crippen molar-refractivity contribution >= 4 is 22.1 Å². The molecule has 0 aliphatic rings. The summed E-state index contributed by atoms with van der Waals surface area (Å²) < 4.78 is 6.46. The zero-order valence-electron chi connectivity index (χ0n) is 15.9. The monoisotopic (exact) mass is 410 g/mol. The summed E-state index contributed by atoms with van der Waals surface area (Å²) in [5.74, 6) is 0. The molecule has 1 aromatic rings. The fourth-order valence-corrected chi connectivity index (χ4v) is 2.74. The summed E-state index contributed by atoms with van der Waals surface area (Å²) in [5.41, 5.74) is 1.42. The Hall–Kier alpha value is -1.29. The first-order valence-corrected chi connectivity index (χ1v) is 9.63. The van der Waals surface area contributed by atoms with E-state index in [4.69, 9.17) is 15.4 Å². The Bertz CT molecular complexity index is 545. The Morgan fingerprint density at radius 3 is 2.60 bits per heavy atom. The van der Waals surface area contributed by atoms with Crippen molar-refractivity contribution in [1.82, 2.24) is 10.3 Å². The average molecular weight is 411 g/mol. The molecule has 1 rings (SSSR count). The number of rotatable bonds is 10. The van der Waals surface area contributed by atoms with Crippen LogP contribution in [0.1, 0.15) is 64.6 Å². The van der Waals surface area contributed by atoms with E-state index >= 15 is 0 Å². The molecular formula is C19H31BrN4O. The van der Waals surface area contributed by atoms with Crippen molar-refractivity contribution in [3.05, 3.63) is 28.0 Å². The molecule has 6 heteroatoms. The minimum Gasteiger partial charge on any atom is -0.375 e. The first kappa shape index (κ1) is 23.7. The van der Waals surface area contributed by atoms with Crippen LogP contribution in [0.5, 0.6) is 0 Å². The molecule has 0 amide bonds. The maximum Gasteiger partial charge on any atom is 0.154 e. The van der Waals surface area contributed by atoms with Crippen molar-refractivity contribution in [3.63, 3.8) is 0 Å². The molecule has 1 unspecified atom stereocenters. The zero-order chi connectivity index (χ0) is 19.1. The van der Waals surface area contributed by atoms with E-state index in [9.17, 15) is 0 Å². The molecule has 5 nitrogen and oxygen atoms in total. The highest BCUT2D eigenvalue weighted by molar-refractivity contribution is 9.10. The van der Waals surface area contributed by atoms with Gasteiger partial charge in [-0.1, -0.05) is 27.2 Å². The number of aromatic nitrogens is 1. The number of ether oxygens (including phenoxy) is 1. The van der Waals surface area contributed by atoms with E-state index in [1.807, 2.05) is 19.1 Å². The lowest BCUT2D eigenvalue weighted by molar-refractivity contribution is -0.0317. The van der Waals surface area contributed by atoms with Crippen LogP contribution in [0.2, 0.25) is 0 Å². The summed E-state index contributed by atoms with van der Waals surface area (Å²) in [6.45, 7) is 10.9. The Labute approximate surface area is 160 Å². The predicted molar refractivity (Wildman–Crippen MR) is 107 cm³/mol. The second kappa shape index (κ2) is 13.9. The Balaban J connectivity index is 0.000000463. The van der Waals surface area contributed by atoms with Crippen LogP contribution >= 0.6 is 15.9 Å². The van der Waals surface area contributed by atoms with Gasteiger partial charge in [-0.25, -0.2) is 4.98 Å². The van der Waals surface area contributed by atoms with Crippen molar-refractivity contribution in [2.75, 3.05) is 13.2 Å². The molecule has 1 heterocycles. The van der Waals surface area contributed by atoms with Crippen LogP contribution in [0.15, 0.2) is 16.7 Å². The molecule has 0 aliphatic heterocycles. The third-order valence-corrected chi connectivity index (χ3v) is 4.15. The van der Waals surface area contributed by atoms with Crippen molar-refractivity contribution in [2.24, 2.45) is 0 Å². The Kier molecular flexibility index (Phi) is 13.2. The molecule has 25 heavy (non-hydrogen) atoms. The molecule has 0 spiro atoms. The highest BCUT2D eigenvalue weighted by Crippen LogP contribution is 2.21. The van der Waals surface area contributed by atoms with Crippen molar-refractivity contribution in [1.29, 1.82) is 10.7 Å². The molecular weight excluding hydrogens is 380 g/mol. The highest BCUT2D eigenvalue weighted by atomic mass is 79.9. The molecule has 0 radical (unpaired) electrons. The summed E-state index contributed by atoms with van der Waals surface area (Å²) >= 11 is 3.29. The topological polar surface area (TPSA) is 81.8 Å². The largest absolute Gasteiger partial charge is 0.375 e. The number of nitrogens with zero attached hydrogens (tertiary/aromatic N) is 2. The first-order chi connectivity index (χ1) is 12.0. The lowest BCUT2D eigenvalue weighted by Crippen LogP contribution is -2.29. The maximum absolute atomic E-state index is 8.63. The van der Waals surface area contributed by atoms with E-state index < -0.39 is 0 Å². The van der Waals surface area contributed by atoms with E-state index in [1.54, 1.807) is 6.20 Å². The number of nitrogens with one attached hydrogen (secondary N) is 2. The van der Waals surface area contributed by atoms with Crippen LogP contribution in [-0.2, 0) is 11.3 Å². The van der Waals surface area contributed by atoms with Gasteiger partial charge in [0.2, 0.25) is 0 Å². The number of pyridine rings is 1. The Morgan fingerprint density at radius 1 is 1.40 bits per heavy atom. The van der Waals surface area contributed by atoms with Gasteiger partial charge >= 0.3 is 0 Å². The van der Waals surface area contributed by atoms with Crippen molar-refractivity contribution < 1.29 is 4.74 Å². The van der Waals surface area contributed by atoms with Crippen LogP contribution < -0.4 is 5.32 Å². The van der Waals surface area contributed by atoms with Gasteiger partial charge in [-0.2, -0.15) is 5.26 Å². The van der Waals surface area contributed by atoms with E-state index in [0.29, 0.717) is 5.69 Å². The molecule has 0 bridgehead atoms. The second-order valence-electron chi connectivity index (χ2n) is 6.02. The summed E-state index contributed by atoms with van der Waals surface area (Å²) in [5, 5.41) is 18.9. The minimum absolute atomic E-state index is 0.0908. The molecule has 0 aromatic carbocycles. The van der Waals surface area contributed by atoms with Gasteiger partial charge in [0.25, 0.3) is 0 Å². The third-order valence-electron chi connectivity index (χ3n) is 3.55. The van der Waals surface area contributed by atoms with Gasteiger partial charge in [0, 0.05) is 25.8 Å². The molecule has 1 aromatic heterocycles. The molecule has 0 saturated carbocycles. The van der Waals surface area contributed by atoms with E-state index in [2.05, 4.69) is 47.0 Å². The van der Waals surface area contributed by atoms with Gasteiger partial charge < -0.3 is 15.5 Å². The second-order valence-corrected chi connectivity index (χ2v) is 6.88. The van der Waals surface area contributed by atoms with Gasteiger partial charge in [0.15, 0.2) is 5.69 Å². The molecule has 0 fully saturated rings. The first-order valence-electron chi connectivity index (χ1n) is 8.84. The maximum atomic E-state index is 8.63. The molecule has 0 saturated heterocycles. The van der Waals surface area contributed by atoms with Gasteiger partial charge in [0.1, 0.15) is 6.07 Å². The summed E-state index contributed by atoms with van der Waals surface area (Å²) in [7, 11) is 0. The van der Waals surface area contributed by atoms with Crippen LogP contribution in [-0.4, -0.2) is 30.0 Å². The van der Waals surface area contributed by atoms with Crippen LogP contribution in [0.3, 0.4) is 0 Å². The normalized spacial score (nSPS) is 12.5. The third kappa shape index (κ3) is 10.3. The van der Waals surface area contributed by atoms with Crippen molar-refractivity contribution in [3.8, 4) is 6.07 Å². The van der Waals surface area contributed by atoms with Crippen LogP contribution in [0.4, 0.5) is 0 Å². The number of nitriles is 1. The van der Waals surface area contributed by atoms with Gasteiger partial charge in [0.05, 0.1) is 10.1 Å². The van der Waals surface area contributed by atoms with E-state index in [0.717, 1.165) is 55.4 Å². The lowest BCUT2D eigenvalue weighted by Gasteiger charge is -2.27. The SMILES string of the molecule is CCCOC(C)(CC=N)CCC.CCNCc1cnc(C#N)c(Br)c1. The minimum atomic E-state index is -0.0908. The number of halogens is 1. The average Bonchev–Trinajstić information content (AvgIpc) is 2.59. The summed E-state index contributed by atoms with van der Waals surface area (Å²) in [6, 6.07) is 3.91. The van der Waals surface area contributed by atoms with E-state index in [1.165, 1.54) is 6.21 Å².